The second-order valence-corrected chi connectivity index (χ2v) is 7.59. The molecule has 24 heavy (non-hydrogen) atoms. The molecular formula is C18H26N4OS. The molecule has 0 radical (unpaired) electrons. The van der Waals surface area contributed by atoms with Gasteiger partial charge in [-0.3, -0.25) is 9.69 Å². The molecule has 0 spiro atoms. The third kappa shape index (κ3) is 4.68. The third-order valence-corrected chi connectivity index (χ3v) is 5.57. The van der Waals surface area contributed by atoms with Crippen LogP contribution >= 0.6 is 11.3 Å². The number of nitrogens with one attached hydrogen (secondary N) is 1. The fourth-order valence-corrected chi connectivity index (χ4v) is 4.04. The van der Waals surface area contributed by atoms with E-state index in [4.69, 9.17) is 0 Å². The van der Waals surface area contributed by atoms with Crippen LogP contribution in [0.2, 0.25) is 0 Å². The van der Waals surface area contributed by atoms with Gasteiger partial charge in [-0.1, -0.05) is 31.7 Å². The zero-order chi connectivity index (χ0) is 16.8. The van der Waals surface area contributed by atoms with Gasteiger partial charge in [0.1, 0.15) is 5.82 Å². The van der Waals surface area contributed by atoms with Crippen molar-refractivity contribution in [1.29, 1.82) is 0 Å². The molecule has 0 atom stereocenters. The van der Waals surface area contributed by atoms with Gasteiger partial charge in [0.2, 0.25) is 5.91 Å². The SMILES string of the molecule is CN(CC(=O)Nc1ccnn1Cc1cccs1)C1CCCCCC1. The van der Waals surface area contributed by atoms with E-state index >= 15 is 0 Å². The van der Waals surface area contributed by atoms with Crippen molar-refractivity contribution >= 4 is 23.1 Å². The maximum absolute atomic E-state index is 12.4. The van der Waals surface area contributed by atoms with Gasteiger partial charge in [0.05, 0.1) is 19.3 Å². The molecule has 1 aliphatic carbocycles. The van der Waals surface area contributed by atoms with Crippen molar-refractivity contribution in [3.05, 3.63) is 34.7 Å². The summed E-state index contributed by atoms with van der Waals surface area (Å²) in [7, 11) is 2.07. The second kappa shape index (κ2) is 8.44. The van der Waals surface area contributed by atoms with Crippen molar-refractivity contribution < 1.29 is 4.79 Å². The summed E-state index contributed by atoms with van der Waals surface area (Å²) in [6.07, 6.45) is 9.38. The van der Waals surface area contributed by atoms with E-state index in [1.54, 1.807) is 17.5 Å². The molecule has 0 unspecified atom stereocenters. The molecule has 1 saturated carbocycles. The summed E-state index contributed by atoms with van der Waals surface area (Å²) in [6.45, 7) is 1.13. The molecule has 3 rings (SSSR count). The normalized spacial score (nSPS) is 16.2. The Morgan fingerprint density at radius 1 is 1.33 bits per heavy atom. The lowest BCUT2D eigenvalue weighted by Crippen LogP contribution is -2.38. The van der Waals surface area contributed by atoms with Crippen molar-refractivity contribution in [2.45, 2.75) is 51.1 Å². The molecular weight excluding hydrogens is 320 g/mol. The molecule has 5 nitrogen and oxygen atoms in total. The number of carbonyl (C=O) groups is 1. The minimum absolute atomic E-state index is 0.0367. The second-order valence-electron chi connectivity index (χ2n) is 6.56. The highest BCUT2D eigenvalue weighted by Crippen LogP contribution is 2.21. The first-order valence-corrected chi connectivity index (χ1v) is 9.64. The van der Waals surface area contributed by atoms with Crippen LogP contribution < -0.4 is 5.32 Å². The molecule has 6 heteroatoms. The van der Waals surface area contributed by atoms with E-state index in [2.05, 4.69) is 33.8 Å². The largest absolute Gasteiger partial charge is 0.310 e. The van der Waals surface area contributed by atoms with Gasteiger partial charge in [-0.05, 0) is 31.3 Å². The Hall–Kier alpha value is -1.66. The summed E-state index contributed by atoms with van der Waals surface area (Å²) in [6, 6.07) is 6.51. The Balaban J connectivity index is 1.54. The highest BCUT2D eigenvalue weighted by atomic mass is 32.1. The van der Waals surface area contributed by atoms with Crippen LogP contribution in [0.4, 0.5) is 5.82 Å². The summed E-state index contributed by atoms with van der Waals surface area (Å²) in [5.74, 6) is 0.803. The van der Waals surface area contributed by atoms with Crippen molar-refractivity contribution in [3.63, 3.8) is 0 Å². The quantitative estimate of drug-likeness (QED) is 0.813. The van der Waals surface area contributed by atoms with E-state index < -0.39 is 0 Å². The number of carbonyl (C=O) groups excluding carboxylic acids is 1. The van der Waals surface area contributed by atoms with E-state index in [1.165, 1.54) is 43.4 Å². The molecule has 0 saturated heterocycles. The molecule has 1 amide bonds. The van der Waals surface area contributed by atoms with Gasteiger partial charge in [0.25, 0.3) is 0 Å². The van der Waals surface area contributed by atoms with Crippen LogP contribution in [-0.2, 0) is 11.3 Å². The molecule has 1 aliphatic rings. The fourth-order valence-electron chi connectivity index (χ4n) is 3.35. The van der Waals surface area contributed by atoms with Crippen LogP contribution in [0.25, 0.3) is 0 Å². The Morgan fingerprint density at radius 2 is 2.12 bits per heavy atom. The fraction of sp³-hybridized carbons (Fsp3) is 0.556. The molecule has 130 valence electrons. The van der Waals surface area contributed by atoms with Crippen LogP contribution in [0.5, 0.6) is 0 Å². The predicted octanol–water partition coefficient (Wildman–Crippen LogP) is 3.59. The van der Waals surface area contributed by atoms with Crippen LogP contribution in [0.15, 0.2) is 29.8 Å². The number of hydrogen-bond acceptors (Lipinski definition) is 4. The number of aromatic nitrogens is 2. The highest BCUT2D eigenvalue weighted by molar-refractivity contribution is 7.09. The first-order chi connectivity index (χ1) is 11.7. The number of amides is 1. The van der Waals surface area contributed by atoms with Crippen molar-refractivity contribution in [2.24, 2.45) is 0 Å². The number of nitrogens with zero attached hydrogens (tertiary/aromatic N) is 3. The smallest absolute Gasteiger partial charge is 0.239 e. The third-order valence-electron chi connectivity index (χ3n) is 4.71. The summed E-state index contributed by atoms with van der Waals surface area (Å²) >= 11 is 1.70. The average Bonchev–Trinajstić information content (AvgIpc) is 3.13. The summed E-state index contributed by atoms with van der Waals surface area (Å²) in [4.78, 5) is 15.8. The Morgan fingerprint density at radius 3 is 2.83 bits per heavy atom. The Labute approximate surface area is 147 Å². The van der Waals surface area contributed by atoms with Gasteiger partial charge in [0.15, 0.2) is 0 Å². The molecule has 0 aliphatic heterocycles. The minimum Gasteiger partial charge on any atom is -0.310 e. The van der Waals surface area contributed by atoms with Gasteiger partial charge < -0.3 is 5.32 Å². The van der Waals surface area contributed by atoms with Gasteiger partial charge in [-0.2, -0.15) is 5.10 Å². The number of thiophene rings is 1. The molecule has 1 fully saturated rings. The summed E-state index contributed by atoms with van der Waals surface area (Å²) in [5, 5.41) is 9.39. The Kier molecular flexibility index (Phi) is 6.04. The van der Waals surface area contributed by atoms with Gasteiger partial charge >= 0.3 is 0 Å². The maximum Gasteiger partial charge on any atom is 0.239 e. The minimum atomic E-state index is 0.0367. The standard InChI is InChI=1S/C18H26N4OS/c1-21(15-7-4-2-3-5-8-15)14-18(23)20-17-10-11-19-22(17)13-16-9-6-12-24-16/h6,9-12,15H,2-5,7-8,13-14H2,1H3,(H,20,23). The van der Waals surface area contributed by atoms with Gasteiger partial charge in [-0.15, -0.1) is 11.3 Å². The number of hydrogen-bond donors (Lipinski definition) is 1. The summed E-state index contributed by atoms with van der Waals surface area (Å²) < 4.78 is 1.84. The Bertz CT molecular complexity index is 629. The van der Waals surface area contributed by atoms with Crippen molar-refractivity contribution in [2.75, 3.05) is 18.9 Å². The molecule has 2 heterocycles. The van der Waals surface area contributed by atoms with Crippen molar-refractivity contribution in [1.82, 2.24) is 14.7 Å². The highest BCUT2D eigenvalue weighted by Gasteiger charge is 2.19. The zero-order valence-corrected chi connectivity index (χ0v) is 15.1. The average molecular weight is 347 g/mol. The van der Waals surface area contributed by atoms with Crippen LogP contribution in [0.3, 0.4) is 0 Å². The summed E-state index contributed by atoms with van der Waals surface area (Å²) in [5.41, 5.74) is 0. The molecule has 0 bridgehead atoms. The molecule has 0 aromatic carbocycles. The zero-order valence-electron chi connectivity index (χ0n) is 14.3. The molecule has 2 aromatic heterocycles. The number of likely N-dealkylation sites (N-methyl/N-ethyl adjacent to an activating group) is 1. The van der Waals surface area contributed by atoms with Gasteiger partial charge in [0, 0.05) is 17.0 Å². The van der Waals surface area contributed by atoms with E-state index in [9.17, 15) is 4.79 Å². The lowest BCUT2D eigenvalue weighted by molar-refractivity contribution is -0.117. The van der Waals surface area contributed by atoms with E-state index in [0.29, 0.717) is 19.1 Å². The lowest BCUT2D eigenvalue weighted by Gasteiger charge is -2.26. The first-order valence-electron chi connectivity index (χ1n) is 8.76. The van der Waals surface area contributed by atoms with E-state index in [-0.39, 0.29) is 5.91 Å². The topological polar surface area (TPSA) is 50.2 Å². The van der Waals surface area contributed by atoms with E-state index in [1.807, 2.05) is 16.8 Å². The first kappa shape index (κ1) is 17.2. The van der Waals surface area contributed by atoms with Gasteiger partial charge in [-0.25, -0.2) is 4.68 Å². The lowest BCUT2D eigenvalue weighted by atomic mass is 10.1. The van der Waals surface area contributed by atoms with Crippen LogP contribution in [0, 0.1) is 0 Å². The van der Waals surface area contributed by atoms with Crippen LogP contribution in [0.1, 0.15) is 43.4 Å². The monoisotopic (exact) mass is 346 g/mol. The van der Waals surface area contributed by atoms with E-state index in [0.717, 1.165) is 5.82 Å². The number of rotatable bonds is 6. The number of anilines is 1. The van der Waals surface area contributed by atoms with Crippen LogP contribution in [-0.4, -0.2) is 40.2 Å². The molecule has 2 aromatic rings. The molecule has 1 N–H and O–H groups in total. The predicted molar refractivity (Wildman–Crippen MR) is 98.4 cm³/mol. The maximum atomic E-state index is 12.4. The van der Waals surface area contributed by atoms with Crippen molar-refractivity contribution in [3.8, 4) is 0 Å².